The SMILES string of the molecule is CC.CC1(C)c2ccccc2-n2c3ccc(-c4ccc5c(c4)C(C)(C)c4cccc6c7ccncc7n-5c46)cc3c3cncc1c32. The van der Waals surface area contributed by atoms with E-state index in [4.69, 9.17) is 4.98 Å². The number of hydrogen-bond donors (Lipinski definition) is 0. The summed E-state index contributed by atoms with van der Waals surface area (Å²) in [4.78, 5) is 9.28. The van der Waals surface area contributed by atoms with Gasteiger partial charge in [0, 0.05) is 56.5 Å². The van der Waals surface area contributed by atoms with Gasteiger partial charge in [-0.05, 0) is 64.2 Å². The van der Waals surface area contributed by atoms with Gasteiger partial charge < -0.3 is 9.13 Å². The summed E-state index contributed by atoms with van der Waals surface area (Å²) in [5.41, 5.74) is 14.9. The highest BCUT2D eigenvalue weighted by Crippen LogP contribution is 2.50. The Morgan fingerprint density at radius 2 is 1.17 bits per heavy atom. The Bertz CT molecular complexity index is 2560. The second-order valence-corrected chi connectivity index (χ2v) is 13.6. The third-order valence-corrected chi connectivity index (χ3v) is 10.7. The average Bonchev–Trinajstić information content (AvgIpc) is 3.61. The molecule has 0 spiro atoms. The monoisotopic (exact) mass is 596 g/mol. The fourth-order valence-corrected chi connectivity index (χ4v) is 8.41. The molecular weight excluding hydrogens is 560 g/mol. The number of pyridine rings is 2. The fraction of sp³-hybridized carbons (Fsp3) is 0.190. The van der Waals surface area contributed by atoms with Crippen molar-refractivity contribution in [3.8, 4) is 22.5 Å². The second-order valence-electron chi connectivity index (χ2n) is 13.6. The number of para-hydroxylation sites is 2. The normalized spacial score (nSPS) is 15.1. The van der Waals surface area contributed by atoms with Crippen LogP contribution in [-0.2, 0) is 10.8 Å². The summed E-state index contributed by atoms with van der Waals surface area (Å²) in [6, 6.07) is 31.7. The minimum atomic E-state index is -0.157. The highest BCUT2D eigenvalue weighted by molar-refractivity contribution is 6.13. The van der Waals surface area contributed by atoms with Crippen molar-refractivity contribution in [2.75, 3.05) is 0 Å². The third kappa shape index (κ3) is 3.24. The van der Waals surface area contributed by atoms with Crippen LogP contribution in [0.5, 0.6) is 0 Å². The highest BCUT2D eigenvalue weighted by Gasteiger charge is 2.37. The van der Waals surface area contributed by atoms with E-state index in [2.05, 4.69) is 139 Å². The number of nitrogens with zero attached hydrogens (tertiary/aromatic N) is 4. The zero-order chi connectivity index (χ0) is 31.5. The molecule has 0 saturated heterocycles. The Hall–Kier alpha value is -5.22. The molecule has 0 amide bonds. The molecule has 224 valence electrons. The van der Waals surface area contributed by atoms with Crippen LogP contribution in [0.2, 0.25) is 0 Å². The Morgan fingerprint density at radius 1 is 0.478 bits per heavy atom. The first-order valence-corrected chi connectivity index (χ1v) is 16.4. The first-order valence-electron chi connectivity index (χ1n) is 16.4. The summed E-state index contributed by atoms with van der Waals surface area (Å²) in [6.07, 6.45) is 8.02. The zero-order valence-corrected chi connectivity index (χ0v) is 27.2. The third-order valence-electron chi connectivity index (χ3n) is 10.7. The second kappa shape index (κ2) is 9.17. The number of rotatable bonds is 1. The maximum absolute atomic E-state index is 4.77. The fourth-order valence-electron chi connectivity index (χ4n) is 8.41. The largest absolute Gasteiger partial charge is 0.309 e. The van der Waals surface area contributed by atoms with Gasteiger partial charge in [0.2, 0.25) is 0 Å². The molecule has 4 heteroatoms. The molecule has 0 radical (unpaired) electrons. The molecule has 10 rings (SSSR count). The van der Waals surface area contributed by atoms with E-state index in [1.54, 1.807) is 0 Å². The lowest BCUT2D eigenvalue weighted by Gasteiger charge is -2.35. The van der Waals surface area contributed by atoms with Crippen LogP contribution < -0.4 is 0 Å². The lowest BCUT2D eigenvalue weighted by atomic mass is 9.74. The zero-order valence-electron chi connectivity index (χ0n) is 27.2. The Balaban J connectivity index is 0.00000143. The van der Waals surface area contributed by atoms with Crippen molar-refractivity contribution in [2.24, 2.45) is 0 Å². The van der Waals surface area contributed by atoms with E-state index < -0.39 is 0 Å². The van der Waals surface area contributed by atoms with Crippen molar-refractivity contribution >= 4 is 43.6 Å². The van der Waals surface area contributed by atoms with E-state index in [9.17, 15) is 0 Å². The molecule has 0 saturated carbocycles. The van der Waals surface area contributed by atoms with Gasteiger partial charge >= 0.3 is 0 Å². The van der Waals surface area contributed by atoms with Crippen molar-refractivity contribution < 1.29 is 0 Å². The summed E-state index contributed by atoms with van der Waals surface area (Å²) in [7, 11) is 0. The average molecular weight is 597 g/mol. The Kier molecular flexibility index (Phi) is 5.41. The van der Waals surface area contributed by atoms with Gasteiger partial charge in [-0.3, -0.25) is 9.97 Å². The number of fused-ring (bicyclic) bond motifs is 10. The van der Waals surface area contributed by atoms with Crippen molar-refractivity contribution in [1.29, 1.82) is 0 Å². The molecule has 0 atom stereocenters. The molecule has 0 N–H and O–H groups in total. The van der Waals surface area contributed by atoms with Gasteiger partial charge in [0.25, 0.3) is 0 Å². The standard InChI is InChI=1S/C40H30N4.C2H6/c1-39(2)29-9-5-6-11-34(29)43-33-14-12-23(18-27(33)28-20-42-21-32(39)38(28)43)24-13-15-35-31(19-24)40(3,4)30-10-7-8-26-25-16-17-41-22-36(25)44(35)37(26)30;1-2/h5-22H,1-4H3;1-2H3. The van der Waals surface area contributed by atoms with Crippen LogP contribution in [0, 0.1) is 0 Å². The molecule has 0 unspecified atom stereocenters. The quantitative estimate of drug-likeness (QED) is 0.189. The van der Waals surface area contributed by atoms with Crippen molar-refractivity contribution in [2.45, 2.75) is 52.4 Å². The minimum Gasteiger partial charge on any atom is -0.309 e. The molecular formula is C42H36N4. The van der Waals surface area contributed by atoms with Gasteiger partial charge in [-0.2, -0.15) is 0 Å². The van der Waals surface area contributed by atoms with E-state index >= 15 is 0 Å². The van der Waals surface area contributed by atoms with E-state index in [1.165, 1.54) is 82.9 Å². The molecule has 0 bridgehead atoms. The summed E-state index contributed by atoms with van der Waals surface area (Å²) in [5.74, 6) is 0. The van der Waals surface area contributed by atoms with E-state index in [1.807, 2.05) is 26.2 Å². The molecule has 4 nitrogen and oxygen atoms in total. The predicted molar refractivity (Wildman–Crippen MR) is 192 cm³/mol. The van der Waals surface area contributed by atoms with Crippen LogP contribution in [-0.4, -0.2) is 19.1 Å². The maximum atomic E-state index is 4.77. The Labute approximate surface area is 269 Å². The van der Waals surface area contributed by atoms with Gasteiger partial charge in [0.15, 0.2) is 0 Å². The van der Waals surface area contributed by atoms with Crippen molar-refractivity contribution in [1.82, 2.24) is 19.1 Å². The molecule has 2 aliphatic heterocycles. The number of aromatic nitrogens is 4. The van der Waals surface area contributed by atoms with Crippen molar-refractivity contribution in [3.63, 3.8) is 0 Å². The highest BCUT2D eigenvalue weighted by atomic mass is 15.0. The van der Waals surface area contributed by atoms with Crippen molar-refractivity contribution in [3.05, 3.63) is 132 Å². The lowest BCUT2D eigenvalue weighted by Crippen LogP contribution is -2.26. The van der Waals surface area contributed by atoms with Gasteiger partial charge in [0.1, 0.15) is 0 Å². The van der Waals surface area contributed by atoms with Crippen LogP contribution in [0.3, 0.4) is 0 Å². The molecule has 4 aromatic heterocycles. The summed E-state index contributed by atoms with van der Waals surface area (Å²) < 4.78 is 4.88. The van der Waals surface area contributed by atoms with Crippen LogP contribution in [0.4, 0.5) is 0 Å². The number of benzene rings is 4. The maximum Gasteiger partial charge on any atom is 0.0724 e. The van der Waals surface area contributed by atoms with Gasteiger partial charge in [0.05, 0.1) is 39.6 Å². The van der Waals surface area contributed by atoms with E-state index in [0.717, 1.165) is 5.52 Å². The summed E-state index contributed by atoms with van der Waals surface area (Å²) in [5, 5.41) is 5.00. The van der Waals surface area contributed by atoms with Gasteiger partial charge in [-0.1, -0.05) is 90.1 Å². The van der Waals surface area contributed by atoms with E-state index in [0.29, 0.717) is 0 Å². The van der Waals surface area contributed by atoms with Crippen LogP contribution >= 0.6 is 0 Å². The minimum absolute atomic E-state index is 0.125. The molecule has 8 aromatic rings. The lowest BCUT2D eigenvalue weighted by molar-refractivity contribution is 0.627. The summed E-state index contributed by atoms with van der Waals surface area (Å²) >= 11 is 0. The topological polar surface area (TPSA) is 35.6 Å². The predicted octanol–water partition coefficient (Wildman–Crippen LogP) is 10.6. The first kappa shape index (κ1) is 27.1. The van der Waals surface area contributed by atoms with E-state index in [-0.39, 0.29) is 10.8 Å². The first-order chi connectivity index (χ1) is 22.4. The van der Waals surface area contributed by atoms with Crippen LogP contribution in [0.25, 0.3) is 66.1 Å². The molecule has 6 heterocycles. The molecule has 4 aromatic carbocycles. The van der Waals surface area contributed by atoms with Crippen LogP contribution in [0.1, 0.15) is 63.8 Å². The summed E-state index contributed by atoms with van der Waals surface area (Å²) in [6.45, 7) is 13.4. The number of hydrogen-bond acceptors (Lipinski definition) is 2. The van der Waals surface area contributed by atoms with Crippen LogP contribution in [0.15, 0.2) is 110 Å². The Morgan fingerprint density at radius 3 is 2.04 bits per heavy atom. The molecule has 0 aliphatic carbocycles. The van der Waals surface area contributed by atoms with Gasteiger partial charge in [-0.25, -0.2) is 0 Å². The van der Waals surface area contributed by atoms with Gasteiger partial charge in [-0.15, -0.1) is 0 Å². The molecule has 2 aliphatic rings. The smallest absolute Gasteiger partial charge is 0.0724 e. The molecule has 0 fully saturated rings. The molecule has 46 heavy (non-hydrogen) atoms.